The largest absolute Gasteiger partial charge is 0.396 e. The number of nitro benzene ring substituents is 1. The van der Waals surface area contributed by atoms with E-state index in [1.165, 1.54) is 0 Å². The van der Waals surface area contributed by atoms with Gasteiger partial charge in [-0.05, 0) is 30.4 Å². The smallest absolute Gasteiger partial charge is 0.273 e. The van der Waals surface area contributed by atoms with Gasteiger partial charge in [0.2, 0.25) is 0 Å². The first-order valence-electron chi connectivity index (χ1n) is 7.04. The maximum atomic E-state index is 11.1. The molecule has 2 N–H and O–H groups in total. The number of rotatable bonds is 8. The van der Waals surface area contributed by atoms with Gasteiger partial charge in [-0.3, -0.25) is 10.1 Å². The quantitative estimate of drug-likeness (QED) is 0.567. The van der Waals surface area contributed by atoms with E-state index in [1.54, 1.807) is 6.07 Å². The molecule has 112 valence electrons. The number of hydrogen-bond acceptors (Lipinski definition) is 4. The van der Waals surface area contributed by atoms with Crippen molar-refractivity contribution in [2.24, 2.45) is 5.92 Å². The van der Waals surface area contributed by atoms with Crippen LogP contribution in [0.4, 0.5) is 5.69 Å². The second-order valence-corrected chi connectivity index (χ2v) is 5.55. The van der Waals surface area contributed by atoms with Gasteiger partial charge in [-0.1, -0.05) is 32.9 Å². The highest BCUT2D eigenvalue weighted by Gasteiger charge is 2.16. The number of aliphatic hydroxyl groups excluding tert-OH is 1. The number of nitrogens with zero attached hydrogens (tertiary/aromatic N) is 1. The molecule has 0 spiro atoms. The molecule has 0 radical (unpaired) electrons. The van der Waals surface area contributed by atoms with Gasteiger partial charge in [0.15, 0.2) is 0 Å². The lowest BCUT2D eigenvalue weighted by Gasteiger charge is -2.12. The summed E-state index contributed by atoms with van der Waals surface area (Å²) >= 11 is 0. The first kappa shape index (κ1) is 16.6. The second-order valence-electron chi connectivity index (χ2n) is 5.55. The third kappa shape index (κ3) is 4.90. The Morgan fingerprint density at radius 1 is 1.35 bits per heavy atom. The van der Waals surface area contributed by atoms with Crippen LogP contribution < -0.4 is 5.32 Å². The fraction of sp³-hybridized carbons (Fsp3) is 0.600. The molecule has 0 saturated heterocycles. The number of aliphatic hydroxyl groups is 1. The van der Waals surface area contributed by atoms with Crippen molar-refractivity contribution in [2.45, 2.75) is 39.7 Å². The van der Waals surface area contributed by atoms with Gasteiger partial charge in [-0.25, -0.2) is 0 Å². The van der Waals surface area contributed by atoms with Crippen LogP contribution in [-0.4, -0.2) is 23.2 Å². The van der Waals surface area contributed by atoms with Crippen LogP contribution in [0.5, 0.6) is 0 Å². The van der Waals surface area contributed by atoms with Crippen molar-refractivity contribution >= 4 is 5.69 Å². The molecule has 0 saturated carbocycles. The van der Waals surface area contributed by atoms with E-state index in [0.717, 1.165) is 24.1 Å². The molecule has 0 fully saturated rings. The zero-order chi connectivity index (χ0) is 15.1. The minimum atomic E-state index is -0.312. The highest BCUT2D eigenvalue weighted by Crippen LogP contribution is 2.27. The molecule has 1 rings (SSSR count). The minimum absolute atomic E-state index is 0.141. The molecule has 0 aliphatic heterocycles. The van der Waals surface area contributed by atoms with E-state index in [-0.39, 0.29) is 23.1 Å². The van der Waals surface area contributed by atoms with E-state index >= 15 is 0 Å². The van der Waals surface area contributed by atoms with Crippen LogP contribution in [0.15, 0.2) is 18.2 Å². The molecule has 0 aromatic heterocycles. The Kier molecular flexibility index (Phi) is 6.61. The van der Waals surface area contributed by atoms with Crippen molar-refractivity contribution in [2.75, 3.05) is 13.2 Å². The van der Waals surface area contributed by atoms with Crippen LogP contribution in [0.25, 0.3) is 0 Å². The van der Waals surface area contributed by atoms with E-state index in [2.05, 4.69) is 12.2 Å². The van der Waals surface area contributed by atoms with Crippen LogP contribution in [0, 0.1) is 16.0 Å². The zero-order valence-electron chi connectivity index (χ0n) is 12.4. The van der Waals surface area contributed by atoms with Gasteiger partial charge in [-0.15, -0.1) is 0 Å². The van der Waals surface area contributed by atoms with Crippen molar-refractivity contribution in [3.05, 3.63) is 39.4 Å². The molecule has 1 atom stereocenters. The summed E-state index contributed by atoms with van der Waals surface area (Å²) in [4.78, 5) is 10.8. The lowest BCUT2D eigenvalue weighted by molar-refractivity contribution is -0.385. The summed E-state index contributed by atoms with van der Waals surface area (Å²) in [5.41, 5.74) is 1.88. The van der Waals surface area contributed by atoms with Gasteiger partial charge in [0.05, 0.1) is 4.92 Å². The molecule has 5 nitrogen and oxygen atoms in total. The summed E-state index contributed by atoms with van der Waals surface area (Å²) in [6, 6.07) is 5.43. The minimum Gasteiger partial charge on any atom is -0.396 e. The van der Waals surface area contributed by atoms with E-state index in [9.17, 15) is 10.1 Å². The Morgan fingerprint density at radius 3 is 2.60 bits per heavy atom. The normalized spacial score (nSPS) is 12.7. The summed E-state index contributed by atoms with van der Waals surface area (Å²) in [6.45, 7) is 7.56. The van der Waals surface area contributed by atoms with Crippen LogP contribution in [0.1, 0.15) is 44.2 Å². The third-order valence-corrected chi connectivity index (χ3v) is 3.36. The maximum absolute atomic E-state index is 11.1. The van der Waals surface area contributed by atoms with Gasteiger partial charge < -0.3 is 10.4 Å². The number of benzene rings is 1. The Bertz CT molecular complexity index is 447. The molecule has 1 aromatic carbocycles. The topological polar surface area (TPSA) is 75.4 Å². The predicted octanol–water partition coefficient (Wildman–Crippen LogP) is 2.83. The van der Waals surface area contributed by atoms with Crippen molar-refractivity contribution in [3.63, 3.8) is 0 Å². The molecule has 1 unspecified atom stereocenters. The van der Waals surface area contributed by atoms with E-state index < -0.39 is 0 Å². The molecule has 0 bridgehead atoms. The first-order valence-corrected chi connectivity index (χ1v) is 7.04. The van der Waals surface area contributed by atoms with Crippen LogP contribution >= 0.6 is 0 Å². The summed E-state index contributed by atoms with van der Waals surface area (Å²) in [6.07, 6.45) is 0.763. The van der Waals surface area contributed by atoms with Gasteiger partial charge in [0.1, 0.15) is 0 Å². The van der Waals surface area contributed by atoms with Crippen molar-refractivity contribution in [1.29, 1.82) is 0 Å². The summed E-state index contributed by atoms with van der Waals surface area (Å²) in [5, 5.41) is 23.2. The van der Waals surface area contributed by atoms with Crippen molar-refractivity contribution in [3.8, 4) is 0 Å². The van der Waals surface area contributed by atoms with Gasteiger partial charge in [0.25, 0.3) is 5.69 Å². The van der Waals surface area contributed by atoms with E-state index in [0.29, 0.717) is 12.5 Å². The highest BCUT2D eigenvalue weighted by atomic mass is 16.6. The fourth-order valence-electron chi connectivity index (χ4n) is 2.13. The standard InChI is InChI=1S/C15H24N2O3/c1-11(2)14-5-4-13(8-15(14)17(19)20)10-16-9-12(3)6-7-18/h4-5,8,11-12,16,18H,6-7,9-10H2,1-3H3. The number of hydrogen-bond donors (Lipinski definition) is 2. The van der Waals surface area contributed by atoms with Gasteiger partial charge in [0, 0.05) is 24.8 Å². The molecule has 5 heteroatoms. The molecular weight excluding hydrogens is 256 g/mol. The Balaban J connectivity index is 2.68. The van der Waals surface area contributed by atoms with Gasteiger partial charge >= 0.3 is 0 Å². The lowest BCUT2D eigenvalue weighted by atomic mass is 9.99. The monoisotopic (exact) mass is 280 g/mol. The molecule has 20 heavy (non-hydrogen) atoms. The number of nitro groups is 1. The Labute approximate surface area is 120 Å². The van der Waals surface area contributed by atoms with Crippen LogP contribution in [-0.2, 0) is 6.54 Å². The molecule has 0 aliphatic carbocycles. The fourth-order valence-corrected chi connectivity index (χ4v) is 2.13. The molecular formula is C15H24N2O3. The van der Waals surface area contributed by atoms with Crippen LogP contribution in [0.3, 0.4) is 0 Å². The Morgan fingerprint density at radius 2 is 2.05 bits per heavy atom. The SMILES string of the molecule is CC(CCO)CNCc1ccc(C(C)C)c([N+](=O)[O-])c1. The second kappa shape index (κ2) is 7.97. The molecule has 0 aliphatic rings. The Hall–Kier alpha value is -1.46. The average molecular weight is 280 g/mol. The predicted molar refractivity (Wildman–Crippen MR) is 79.8 cm³/mol. The maximum Gasteiger partial charge on any atom is 0.273 e. The lowest BCUT2D eigenvalue weighted by Crippen LogP contribution is -2.21. The highest BCUT2D eigenvalue weighted by molar-refractivity contribution is 5.45. The summed E-state index contributed by atoms with van der Waals surface area (Å²) in [5.74, 6) is 0.534. The van der Waals surface area contributed by atoms with E-state index in [4.69, 9.17) is 5.11 Å². The van der Waals surface area contributed by atoms with Crippen LogP contribution in [0.2, 0.25) is 0 Å². The van der Waals surface area contributed by atoms with Crippen molar-refractivity contribution < 1.29 is 10.0 Å². The average Bonchev–Trinajstić information content (AvgIpc) is 2.38. The first-order chi connectivity index (χ1) is 9.45. The van der Waals surface area contributed by atoms with E-state index in [1.807, 2.05) is 26.0 Å². The molecule has 0 heterocycles. The number of nitrogens with one attached hydrogen (secondary N) is 1. The van der Waals surface area contributed by atoms with Crippen molar-refractivity contribution in [1.82, 2.24) is 5.32 Å². The summed E-state index contributed by atoms with van der Waals surface area (Å²) < 4.78 is 0. The van der Waals surface area contributed by atoms with Gasteiger partial charge in [-0.2, -0.15) is 0 Å². The molecule has 0 amide bonds. The summed E-state index contributed by atoms with van der Waals surface area (Å²) in [7, 11) is 0. The molecule has 1 aromatic rings. The zero-order valence-corrected chi connectivity index (χ0v) is 12.4. The third-order valence-electron chi connectivity index (χ3n) is 3.36.